The number of carbonyl (C=O) groups is 1. The third kappa shape index (κ3) is 1.94. The molecule has 2 atom stereocenters. The van der Waals surface area contributed by atoms with Gasteiger partial charge in [0.1, 0.15) is 6.10 Å². The van der Waals surface area contributed by atoms with Crippen LogP contribution in [0, 0.1) is 6.92 Å². The summed E-state index contributed by atoms with van der Waals surface area (Å²) in [6.45, 7) is 2.07. The first-order valence-corrected chi connectivity index (χ1v) is 7.58. The highest BCUT2D eigenvalue weighted by molar-refractivity contribution is 6.06. The molecule has 2 heteroatoms. The molecule has 0 radical (unpaired) electrons. The largest absolute Gasteiger partial charge is 0.352 e. The molecule has 2 aromatic rings. The Bertz CT molecular complexity index is 702. The number of rotatable bonds is 1. The number of epoxide rings is 1. The molecule has 1 aliphatic carbocycles. The van der Waals surface area contributed by atoms with Gasteiger partial charge in [0.25, 0.3) is 0 Å². The molecule has 0 N–H and O–H groups in total. The van der Waals surface area contributed by atoms with Crippen LogP contribution >= 0.6 is 0 Å². The summed E-state index contributed by atoms with van der Waals surface area (Å²) < 4.78 is 5.97. The number of fused-ring (bicyclic) bond motifs is 1. The molecule has 1 aliphatic heterocycles. The number of hydrogen-bond donors (Lipinski definition) is 0. The highest BCUT2D eigenvalue weighted by atomic mass is 16.6. The van der Waals surface area contributed by atoms with Gasteiger partial charge in [-0.15, -0.1) is 0 Å². The Morgan fingerprint density at radius 1 is 1.10 bits per heavy atom. The average Bonchev–Trinajstić information content (AvgIpc) is 3.25. The van der Waals surface area contributed by atoms with Gasteiger partial charge < -0.3 is 4.74 Å². The number of ketones is 1. The number of aryl methyl sites for hydroxylation is 2. The van der Waals surface area contributed by atoms with E-state index in [2.05, 4.69) is 37.3 Å². The highest BCUT2D eigenvalue weighted by Gasteiger charge is 2.62. The molecule has 0 unspecified atom stereocenters. The lowest BCUT2D eigenvalue weighted by molar-refractivity contribution is 0.0867. The van der Waals surface area contributed by atoms with E-state index in [1.165, 1.54) is 5.56 Å². The maximum atomic E-state index is 12.9. The first-order chi connectivity index (χ1) is 10.2. The molecule has 106 valence electrons. The summed E-state index contributed by atoms with van der Waals surface area (Å²) in [6.07, 6.45) is 2.72. The smallest absolute Gasteiger partial charge is 0.197 e. The molecule has 4 rings (SSSR count). The van der Waals surface area contributed by atoms with Crippen LogP contribution in [0.25, 0.3) is 0 Å². The first-order valence-electron chi connectivity index (χ1n) is 7.58. The Labute approximate surface area is 124 Å². The van der Waals surface area contributed by atoms with Crippen molar-refractivity contribution in [1.29, 1.82) is 0 Å². The lowest BCUT2D eigenvalue weighted by Gasteiger charge is -2.09. The van der Waals surface area contributed by atoms with Crippen molar-refractivity contribution in [1.82, 2.24) is 0 Å². The van der Waals surface area contributed by atoms with Gasteiger partial charge in [-0.1, -0.05) is 54.1 Å². The van der Waals surface area contributed by atoms with Gasteiger partial charge in [-0.05, 0) is 37.3 Å². The number of hydrogen-bond acceptors (Lipinski definition) is 2. The standard InChI is InChI=1S/C19H18O2/c1-13-8-10-15(11-9-13)18-19(21-18)12-4-6-14-5-2-3-7-16(14)17(19)20/h2-3,5,7-11,18H,4,6,12H2,1H3/t18-,19+/m1/s1. The number of carbonyl (C=O) groups excluding carboxylic acids is 1. The maximum absolute atomic E-state index is 12.9. The monoisotopic (exact) mass is 278 g/mol. The summed E-state index contributed by atoms with van der Waals surface area (Å²) in [6, 6.07) is 16.3. The number of benzene rings is 2. The topological polar surface area (TPSA) is 29.6 Å². The zero-order chi connectivity index (χ0) is 14.4. The number of ether oxygens (including phenoxy) is 1. The molecule has 0 saturated carbocycles. The van der Waals surface area contributed by atoms with Gasteiger partial charge in [-0.25, -0.2) is 0 Å². The summed E-state index contributed by atoms with van der Waals surface area (Å²) in [5, 5.41) is 0. The summed E-state index contributed by atoms with van der Waals surface area (Å²) in [7, 11) is 0. The van der Waals surface area contributed by atoms with Crippen molar-refractivity contribution in [3.63, 3.8) is 0 Å². The van der Waals surface area contributed by atoms with Crippen molar-refractivity contribution >= 4 is 5.78 Å². The molecule has 21 heavy (non-hydrogen) atoms. The van der Waals surface area contributed by atoms with E-state index in [4.69, 9.17) is 4.74 Å². The third-order valence-electron chi connectivity index (χ3n) is 4.72. The Balaban J connectivity index is 1.70. The molecule has 2 aliphatic rings. The second-order valence-electron chi connectivity index (χ2n) is 6.14. The summed E-state index contributed by atoms with van der Waals surface area (Å²) in [5.41, 5.74) is 3.75. The van der Waals surface area contributed by atoms with Crippen LogP contribution in [0.5, 0.6) is 0 Å². The lowest BCUT2D eigenvalue weighted by Crippen LogP contribution is -2.24. The van der Waals surface area contributed by atoms with E-state index < -0.39 is 5.60 Å². The van der Waals surface area contributed by atoms with E-state index >= 15 is 0 Å². The molecule has 2 aromatic carbocycles. The van der Waals surface area contributed by atoms with Gasteiger partial charge >= 0.3 is 0 Å². The van der Waals surface area contributed by atoms with Gasteiger partial charge in [-0.2, -0.15) is 0 Å². The van der Waals surface area contributed by atoms with E-state index in [9.17, 15) is 4.79 Å². The van der Waals surface area contributed by atoms with Crippen molar-refractivity contribution in [2.75, 3.05) is 0 Å². The van der Waals surface area contributed by atoms with Crippen LogP contribution in [0.15, 0.2) is 48.5 Å². The Kier molecular flexibility index (Phi) is 2.76. The molecule has 2 nitrogen and oxygen atoms in total. The van der Waals surface area contributed by atoms with E-state index in [1.807, 2.05) is 18.2 Å². The van der Waals surface area contributed by atoms with Crippen LogP contribution in [-0.4, -0.2) is 11.4 Å². The van der Waals surface area contributed by atoms with E-state index in [-0.39, 0.29) is 11.9 Å². The van der Waals surface area contributed by atoms with Gasteiger partial charge in [0.15, 0.2) is 11.4 Å². The van der Waals surface area contributed by atoms with E-state index in [0.717, 1.165) is 36.0 Å². The summed E-state index contributed by atoms with van der Waals surface area (Å²) in [4.78, 5) is 12.9. The third-order valence-corrected chi connectivity index (χ3v) is 4.72. The second-order valence-corrected chi connectivity index (χ2v) is 6.14. The highest BCUT2D eigenvalue weighted by Crippen LogP contribution is 2.55. The Morgan fingerprint density at radius 3 is 2.67 bits per heavy atom. The maximum Gasteiger partial charge on any atom is 0.197 e. The molecular formula is C19H18O2. The molecule has 0 aromatic heterocycles. The molecule has 1 spiro atoms. The van der Waals surface area contributed by atoms with Crippen molar-refractivity contribution in [3.8, 4) is 0 Å². The van der Waals surface area contributed by atoms with Crippen LogP contribution in [0.1, 0.15) is 46.0 Å². The fourth-order valence-corrected chi connectivity index (χ4v) is 3.46. The fourth-order valence-electron chi connectivity index (χ4n) is 3.46. The molecular weight excluding hydrogens is 260 g/mol. The van der Waals surface area contributed by atoms with Crippen LogP contribution in [-0.2, 0) is 11.2 Å². The normalized spacial score (nSPS) is 27.3. The van der Waals surface area contributed by atoms with Crippen molar-refractivity contribution < 1.29 is 9.53 Å². The predicted octanol–water partition coefficient (Wildman–Crippen LogP) is 4.02. The zero-order valence-electron chi connectivity index (χ0n) is 12.1. The SMILES string of the molecule is Cc1ccc([C@H]2O[C@]23CCCc2ccccc2C3=O)cc1. The fraction of sp³-hybridized carbons (Fsp3) is 0.316. The van der Waals surface area contributed by atoms with E-state index in [1.54, 1.807) is 0 Å². The molecule has 0 amide bonds. The Morgan fingerprint density at radius 2 is 1.86 bits per heavy atom. The Hall–Kier alpha value is -1.93. The van der Waals surface area contributed by atoms with Gasteiger partial charge in [0, 0.05) is 5.56 Å². The average molecular weight is 278 g/mol. The van der Waals surface area contributed by atoms with Crippen LogP contribution < -0.4 is 0 Å². The second kappa shape index (κ2) is 4.54. The molecule has 1 saturated heterocycles. The number of Topliss-reactive ketones (excluding diaryl/α,β-unsaturated/α-hetero) is 1. The molecule has 0 bridgehead atoms. The minimum atomic E-state index is -0.609. The van der Waals surface area contributed by atoms with E-state index in [0.29, 0.717) is 0 Å². The van der Waals surface area contributed by atoms with Gasteiger partial charge in [0.05, 0.1) is 0 Å². The van der Waals surface area contributed by atoms with Crippen molar-refractivity contribution in [3.05, 3.63) is 70.8 Å². The van der Waals surface area contributed by atoms with Crippen molar-refractivity contribution in [2.45, 2.75) is 37.9 Å². The van der Waals surface area contributed by atoms with Crippen LogP contribution in [0.2, 0.25) is 0 Å². The van der Waals surface area contributed by atoms with Gasteiger partial charge in [0.2, 0.25) is 0 Å². The zero-order valence-corrected chi connectivity index (χ0v) is 12.1. The van der Waals surface area contributed by atoms with Gasteiger partial charge in [-0.3, -0.25) is 4.79 Å². The predicted molar refractivity (Wildman–Crippen MR) is 81.4 cm³/mol. The minimum Gasteiger partial charge on any atom is -0.352 e. The van der Waals surface area contributed by atoms with Crippen LogP contribution in [0.4, 0.5) is 0 Å². The quantitative estimate of drug-likeness (QED) is 0.737. The minimum absolute atomic E-state index is 0.0724. The summed E-state index contributed by atoms with van der Waals surface area (Å²) in [5.74, 6) is 0.168. The summed E-state index contributed by atoms with van der Waals surface area (Å²) >= 11 is 0. The van der Waals surface area contributed by atoms with Crippen molar-refractivity contribution in [2.24, 2.45) is 0 Å². The first kappa shape index (κ1) is 12.8. The lowest BCUT2D eigenvalue weighted by atomic mass is 9.89. The molecule has 1 heterocycles. The van der Waals surface area contributed by atoms with Crippen LogP contribution in [0.3, 0.4) is 0 Å². The molecule has 1 fully saturated rings.